The second kappa shape index (κ2) is 5.75. The molecule has 1 heterocycles. The van der Waals surface area contributed by atoms with Crippen LogP contribution < -0.4 is 5.73 Å². The van der Waals surface area contributed by atoms with Crippen molar-refractivity contribution in [1.82, 2.24) is 4.98 Å². The van der Waals surface area contributed by atoms with E-state index in [2.05, 4.69) is 23.6 Å². The van der Waals surface area contributed by atoms with Gasteiger partial charge in [0.1, 0.15) is 5.03 Å². The number of hydrogen-bond donors (Lipinski definition) is 1. The molecule has 0 saturated carbocycles. The van der Waals surface area contributed by atoms with E-state index in [9.17, 15) is 4.79 Å². The molecule has 0 bridgehead atoms. The summed E-state index contributed by atoms with van der Waals surface area (Å²) in [6.07, 6.45) is 1.57. The summed E-state index contributed by atoms with van der Waals surface area (Å²) in [5.74, 6) is 1.04. The molecule has 0 aliphatic carbocycles. The molecule has 0 fully saturated rings. The summed E-state index contributed by atoms with van der Waals surface area (Å²) in [4.78, 5) is 15.5. The van der Waals surface area contributed by atoms with E-state index in [4.69, 9.17) is 5.73 Å². The summed E-state index contributed by atoms with van der Waals surface area (Å²) in [6, 6.07) is 1.57. The molecule has 16 heavy (non-hydrogen) atoms. The average molecular weight is 240 g/mol. The van der Waals surface area contributed by atoms with Crippen molar-refractivity contribution < 1.29 is 9.53 Å². The number of nitrogens with zero attached hydrogens (tertiary/aromatic N) is 1. The molecule has 1 aromatic rings. The fourth-order valence-electron chi connectivity index (χ4n) is 1.10. The number of methoxy groups -OCH3 is 1. The molecule has 0 aliphatic heterocycles. The third kappa shape index (κ3) is 3.13. The van der Waals surface area contributed by atoms with Crippen LogP contribution in [0.2, 0.25) is 0 Å². The molecule has 0 radical (unpaired) electrons. The lowest BCUT2D eigenvalue weighted by Gasteiger charge is -2.09. The standard InChI is InChI=1S/C11H16N2O2S/c1-7(2)6-16-10-9(12)8(4-5-13-10)11(14)15-3/h4-5,7H,6,12H2,1-3H3. The summed E-state index contributed by atoms with van der Waals surface area (Å²) < 4.78 is 4.64. The molecule has 4 nitrogen and oxygen atoms in total. The van der Waals surface area contributed by atoms with Crippen molar-refractivity contribution in [2.24, 2.45) is 5.92 Å². The highest BCUT2D eigenvalue weighted by Crippen LogP contribution is 2.27. The Hall–Kier alpha value is -1.23. The van der Waals surface area contributed by atoms with Crippen molar-refractivity contribution in [3.63, 3.8) is 0 Å². The molecule has 0 amide bonds. The lowest BCUT2D eigenvalue weighted by atomic mass is 10.2. The number of aromatic nitrogens is 1. The van der Waals surface area contributed by atoms with Crippen molar-refractivity contribution >= 4 is 23.4 Å². The third-order valence-corrected chi connectivity index (χ3v) is 3.34. The van der Waals surface area contributed by atoms with Crippen LogP contribution in [0.3, 0.4) is 0 Å². The number of pyridine rings is 1. The maximum atomic E-state index is 11.4. The van der Waals surface area contributed by atoms with E-state index in [-0.39, 0.29) is 0 Å². The summed E-state index contributed by atoms with van der Waals surface area (Å²) in [7, 11) is 1.34. The van der Waals surface area contributed by atoms with Crippen molar-refractivity contribution in [1.29, 1.82) is 0 Å². The number of nitrogen functional groups attached to an aromatic ring is 1. The van der Waals surface area contributed by atoms with Crippen molar-refractivity contribution in [3.05, 3.63) is 17.8 Å². The summed E-state index contributed by atoms with van der Waals surface area (Å²) in [5, 5.41) is 0.691. The van der Waals surface area contributed by atoms with Crippen LogP contribution in [-0.2, 0) is 4.74 Å². The Kier molecular flexibility index (Phi) is 4.61. The number of thioether (sulfide) groups is 1. The van der Waals surface area contributed by atoms with Crippen LogP contribution in [0, 0.1) is 5.92 Å². The Labute approximate surface area is 99.6 Å². The second-order valence-corrected chi connectivity index (χ2v) is 4.78. The first kappa shape index (κ1) is 12.8. The van der Waals surface area contributed by atoms with E-state index in [0.29, 0.717) is 22.2 Å². The predicted molar refractivity (Wildman–Crippen MR) is 65.6 cm³/mol. The Bertz CT molecular complexity index is 380. The lowest BCUT2D eigenvalue weighted by molar-refractivity contribution is 0.0601. The molecule has 0 unspecified atom stereocenters. The monoisotopic (exact) mass is 240 g/mol. The van der Waals surface area contributed by atoms with E-state index in [1.54, 1.807) is 24.0 Å². The van der Waals surface area contributed by atoms with Gasteiger partial charge in [-0.15, -0.1) is 11.8 Å². The first-order chi connectivity index (χ1) is 7.56. The van der Waals surface area contributed by atoms with Gasteiger partial charge < -0.3 is 10.5 Å². The highest BCUT2D eigenvalue weighted by Gasteiger charge is 2.14. The highest BCUT2D eigenvalue weighted by molar-refractivity contribution is 7.99. The van der Waals surface area contributed by atoms with Gasteiger partial charge in [0.15, 0.2) is 0 Å². The zero-order valence-electron chi connectivity index (χ0n) is 9.69. The van der Waals surface area contributed by atoms with Gasteiger partial charge in [0.25, 0.3) is 0 Å². The molecule has 0 aromatic carbocycles. The van der Waals surface area contributed by atoms with E-state index < -0.39 is 5.97 Å². The van der Waals surface area contributed by atoms with Gasteiger partial charge >= 0.3 is 5.97 Å². The van der Waals surface area contributed by atoms with Crippen LogP contribution in [0.15, 0.2) is 17.3 Å². The second-order valence-electron chi connectivity index (χ2n) is 3.77. The number of nitrogens with two attached hydrogens (primary N) is 1. The predicted octanol–water partition coefficient (Wildman–Crippen LogP) is 2.20. The van der Waals surface area contributed by atoms with E-state index in [0.717, 1.165) is 5.75 Å². The fourth-order valence-corrected chi connectivity index (χ4v) is 1.99. The van der Waals surface area contributed by atoms with Crippen molar-refractivity contribution in [2.75, 3.05) is 18.6 Å². The molecule has 1 rings (SSSR count). The van der Waals surface area contributed by atoms with E-state index >= 15 is 0 Å². The number of carbonyl (C=O) groups is 1. The highest BCUT2D eigenvalue weighted by atomic mass is 32.2. The normalized spacial score (nSPS) is 10.5. The molecule has 0 saturated heterocycles. The third-order valence-electron chi connectivity index (χ3n) is 1.91. The first-order valence-corrected chi connectivity index (χ1v) is 6.00. The summed E-state index contributed by atoms with van der Waals surface area (Å²) in [5.41, 5.74) is 6.64. The molecule has 0 spiro atoms. The Balaban J connectivity index is 2.90. The van der Waals surface area contributed by atoms with E-state index in [1.807, 2.05) is 0 Å². The zero-order valence-corrected chi connectivity index (χ0v) is 10.5. The zero-order chi connectivity index (χ0) is 12.1. The Morgan fingerprint density at radius 3 is 2.88 bits per heavy atom. The fraction of sp³-hybridized carbons (Fsp3) is 0.455. The number of anilines is 1. The van der Waals surface area contributed by atoms with Crippen LogP contribution in [0.4, 0.5) is 5.69 Å². The number of esters is 1. The number of hydrogen-bond acceptors (Lipinski definition) is 5. The molecule has 5 heteroatoms. The molecule has 0 aliphatic rings. The maximum Gasteiger partial charge on any atom is 0.340 e. The largest absolute Gasteiger partial charge is 0.465 e. The number of carbonyl (C=O) groups excluding carboxylic acids is 1. The topological polar surface area (TPSA) is 65.2 Å². The minimum atomic E-state index is -0.425. The van der Waals surface area contributed by atoms with Crippen LogP contribution in [0.1, 0.15) is 24.2 Å². The maximum absolute atomic E-state index is 11.4. The summed E-state index contributed by atoms with van der Waals surface area (Å²) in [6.45, 7) is 4.24. The average Bonchev–Trinajstić information content (AvgIpc) is 2.26. The molecule has 2 N–H and O–H groups in total. The van der Waals surface area contributed by atoms with Crippen LogP contribution in [0.5, 0.6) is 0 Å². The van der Waals surface area contributed by atoms with Gasteiger partial charge in [0, 0.05) is 11.9 Å². The smallest absolute Gasteiger partial charge is 0.340 e. The molecular weight excluding hydrogens is 224 g/mol. The van der Waals surface area contributed by atoms with Gasteiger partial charge in [0.05, 0.1) is 18.4 Å². The molecule has 1 aromatic heterocycles. The molecular formula is C11H16N2O2S. The Morgan fingerprint density at radius 2 is 2.31 bits per heavy atom. The minimum absolute atomic E-state index is 0.378. The molecule has 0 atom stereocenters. The van der Waals surface area contributed by atoms with Gasteiger partial charge in [-0.1, -0.05) is 13.8 Å². The minimum Gasteiger partial charge on any atom is -0.465 e. The van der Waals surface area contributed by atoms with Gasteiger partial charge in [-0.3, -0.25) is 0 Å². The molecule has 88 valence electrons. The quantitative estimate of drug-likeness (QED) is 0.645. The van der Waals surface area contributed by atoms with Gasteiger partial charge in [-0.05, 0) is 12.0 Å². The first-order valence-electron chi connectivity index (χ1n) is 5.01. The Morgan fingerprint density at radius 1 is 1.62 bits per heavy atom. The van der Waals surface area contributed by atoms with Crippen molar-refractivity contribution in [3.8, 4) is 0 Å². The number of rotatable bonds is 4. The SMILES string of the molecule is COC(=O)c1ccnc(SCC(C)C)c1N. The van der Waals surface area contributed by atoms with Crippen LogP contribution in [0.25, 0.3) is 0 Å². The van der Waals surface area contributed by atoms with Crippen LogP contribution in [-0.4, -0.2) is 23.8 Å². The lowest BCUT2D eigenvalue weighted by Crippen LogP contribution is -2.07. The van der Waals surface area contributed by atoms with Gasteiger partial charge in [-0.2, -0.15) is 0 Å². The number of ether oxygens (including phenoxy) is 1. The van der Waals surface area contributed by atoms with Gasteiger partial charge in [-0.25, -0.2) is 9.78 Å². The van der Waals surface area contributed by atoms with Crippen molar-refractivity contribution in [2.45, 2.75) is 18.9 Å². The summed E-state index contributed by atoms with van der Waals surface area (Å²) >= 11 is 1.55. The van der Waals surface area contributed by atoms with Gasteiger partial charge in [0.2, 0.25) is 0 Å². The van der Waals surface area contributed by atoms with E-state index in [1.165, 1.54) is 7.11 Å². The van der Waals surface area contributed by atoms with Crippen LogP contribution >= 0.6 is 11.8 Å².